The molecule has 0 heterocycles. The molecule has 7 nitrogen and oxygen atoms in total. The molecule has 210 valence electrons. The average molecular weight is 592 g/mol. The second-order valence-electron chi connectivity index (χ2n) is 9.30. The summed E-state index contributed by atoms with van der Waals surface area (Å²) in [6.07, 6.45) is 7.67. The van der Waals surface area contributed by atoms with E-state index in [1.807, 2.05) is 45.9 Å². The van der Waals surface area contributed by atoms with E-state index in [2.05, 4.69) is 28.2 Å². The van der Waals surface area contributed by atoms with Gasteiger partial charge in [0.05, 0.1) is 12.0 Å². The lowest BCUT2D eigenvalue weighted by atomic mass is 9.80. The second kappa shape index (κ2) is 17.0. The summed E-state index contributed by atoms with van der Waals surface area (Å²) in [6.45, 7) is 11.5. The summed E-state index contributed by atoms with van der Waals surface area (Å²) in [5, 5.41) is 13.6. The van der Waals surface area contributed by atoms with E-state index in [0.717, 1.165) is 41.3 Å². The van der Waals surface area contributed by atoms with Gasteiger partial charge in [-0.1, -0.05) is 62.5 Å². The molecule has 0 atom stereocenters. The van der Waals surface area contributed by atoms with E-state index in [-0.39, 0.29) is 23.3 Å². The molecular weight excluding hydrogens is 548 g/mol. The molecule has 3 rings (SSSR count). The zero-order chi connectivity index (χ0) is 28.8. The Kier molecular flexibility index (Phi) is 14.9. The summed E-state index contributed by atoms with van der Waals surface area (Å²) in [5.41, 5.74) is 3.07. The average Bonchev–Trinajstić information content (AvgIpc) is 2.91. The summed E-state index contributed by atoms with van der Waals surface area (Å²) < 4.78 is 5.92. The number of carbonyl (C=O) groups is 2. The van der Waals surface area contributed by atoms with Gasteiger partial charge >= 0.3 is 0 Å². The smallest absolute Gasteiger partial charge is 0.271 e. The van der Waals surface area contributed by atoms with Crippen LogP contribution in [-0.4, -0.2) is 23.7 Å². The quantitative estimate of drug-likeness (QED) is 0.188. The molecular formula is C30H43BrN2O5. The van der Waals surface area contributed by atoms with Crippen LogP contribution in [0, 0.1) is 28.9 Å². The van der Waals surface area contributed by atoms with Crippen molar-refractivity contribution in [1.82, 2.24) is 0 Å². The molecule has 1 aliphatic rings. The highest BCUT2D eigenvalue weighted by Gasteiger charge is 2.26. The standard InChI is InChI=1S/C18H27NO2.C10H10BrNO3.C2H6/c1-4-5-14-7-9-15(10-8-14)18(20)19-16-11-6-13(2)17(12-16)21-3;1-3-8-9(6(2)13)4-7(12(14)15)5-10(8)11;1-2/h6,11-12,14-15H,4-5,7-10H2,1-3H3,(H,19,20);4-5H,3H2,1-2H3;1-2H3. The zero-order valence-corrected chi connectivity index (χ0v) is 25.4. The third-order valence-electron chi connectivity index (χ3n) is 6.71. The number of rotatable bonds is 8. The minimum absolute atomic E-state index is 0.0655. The number of carbonyl (C=O) groups excluding carboxylic acids is 2. The van der Waals surface area contributed by atoms with Gasteiger partial charge in [0.1, 0.15) is 5.75 Å². The Morgan fingerprint density at radius 3 is 2.24 bits per heavy atom. The van der Waals surface area contributed by atoms with Gasteiger partial charge in [-0.2, -0.15) is 0 Å². The highest BCUT2D eigenvalue weighted by Crippen LogP contribution is 2.32. The van der Waals surface area contributed by atoms with Crippen molar-refractivity contribution >= 4 is 39.0 Å². The highest BCUT2D eigenvalue weighted by atomic mass is 79.9. The Balaban J connectivity index is 0.000000375. The number of Topliss-reactive ketones (excluding diaryl/α,β-unsaturated/α-hetero) is 1. The number of nitrogens with one attached hydrogen (secondary N) is 1. The van der Waals surface area contributed by atoms with E-state index >= 15 is 0 Å². The molecule has 1 N–H and O–H groups in total. The molecule has 8 heteroatoms. The normalized spacial score (nSPS) is 16.2. The van der Waals surface area contributed by atoms with Gasteiger partial charge in [-0.3, -0.25) is 19.7 Å². The number of nitro groups is 1. The lowest BCUT2D eigenvalue weighted by Gasteiger charge is -2.27. The highest BCUT2D eigenvalue weighted by molar-refractivity contribution is 9.10. The fraction of sp³-hybridized carbons (Fsp3) is 0.533. The van der Waals surface area contributed by atoms with Crippen molar-refractivity contribution in [2.24, 2.45) is 11.8 Å². The van der Waals surface area contributed by atoms with Crippen LogP contribution in [0.1, 0.15) is 94.6 Å². The van der Waals surface area contributed by atoms with Crippen LogP contribution < -0.4 is 10.1 Å². The maximum absolute atomic E-state index is 12.4. The molecule has 2 aromatic rings. The van der Waals surface area contributed by atoms with Crippen molar-refractivity contribution in [2.45, 2.75) is 86.5 Å². The number of hydrogen-bond acceptors (Lipinski definition) is 5. The van der Waals surface area contributed by atoms with Gasteiger partial charge in [-0.15, -0.1) is 0 Å². The molecule has 0 saturated heterocycles. The minimum atomic E-state index is -0.503. The molecule has 1 amide bonds. The summed E-state index contributed by atoms with van der Waals surface area (Å²) in [5.74, 6) is 1.83. The SMILES string of the molecule is CC.CCCC1CCC(C(=O)Nc2ccc(C)c(OC)c2)CC1.CCc1c(Br)cc([N+](=O)[O-])cc1C(C)=O. The number of anilines is 1. The number of nitro benzene ring substituents is 1. The van der Waals surface area contributed by atoms with Crippen LogP contribution in [0.5, 0.6) is 5.75 Å². The Morgan fingerprint density at radius 1 is 1.11 bits per heavy atom. The van der Waals surface area contributed by atoms with Crippen LogP contribution in [0.3, 0.4) is 0 Å². The summed E-state index contributed by atoms with van der Waals surface area (Å²) >= 11 is 3.24. The predicted molar refractivity (Wildman–Crippen MR) is 158 cm³/mol. The molecule has 0 radical (unpaired) electrons. The number of amides is 1. The monoisotopic (exact) mass is 590 g/mol. The number of ketones is 1. The largest absolute Gasteiger partial charge is 0.496 e. The first-order valence-corrected chi connectivity index (χ1v) is 14.3. The van der Waals surface area contributed by atoms with E-state index in [1.54, 1.807) is 7.11 Å². The predicted octanol–water partition coefficient (Wildman–Crippen LogP) is 8.70. The Morgan fingerprint density at radius 2 is 1.74 bits per heavy atom. The molecule has 1 fully saturated rings. The van der Waals surface area contributed by atoms with Gasteiger partial charge in [0, 0.05) is 39.8 Å². The first-order chi connectivity index (χ1) is 18.1. The van der Waals surface area contributed by atoms with Gasteiger partial charge in [-0.05, 0) is 69.1 Å². The lowest BCUT2D eigenvalue weighted by molar-refractivity contribution is -0.385. The van der Waals surface area contributed by atoms with Crippen LogP contribution in [0.2, 0.25) is 0 Å². The molecule has 38 heavy (non-hydrogen) atoms. The van der Waals surface area contributed by atoms with Crippen molar-refractivity contribution in [3.05, 3.63) is 61.6 Å². The maximum atomic E-state index is 12.4. The van der Waals surface area contributed by atoms with E-state index in [0.29, 0.717) is 16.5 Å². The molecule has 0 aliphatic heterocycles. The number of benzene rings is 2. The molecule has 0 bridgehead atoms. The Bertz CT molecular complexity index is 1080. The van der Waals surface area contributed by atoms with Crippen LogP contribution in [0.15, 0.2) is 34.8 Å². The number of methoxy groups -OCH3 is 1. The van der Waals surface area contributed by atoms with Gasteiger partial charge < -0.3 is 10.1 Å². The third kappa shape index (κ3) is 9.86. The second-order valence-corrected chi connectivity index (χ2v) is 10.2. The van der Waals surface area contributed by atoms with Crippen molar-refractivity contribution in [1.29, 1.82) is 0 Å². The molecule has 0 unspecified atom stereocenters. The number of hydrogen-bond donors (Lipinski definition) is 1. The maximum Gasteiger partial charge on any atom is 0.271 e. The molecule has 1 aliphatic carbocycles. The number of non-ortho nitro benzene ring substituents is 1. The number of ether oxygens (including phenoxy) is 1. The third-order valence-corrected chi connectivity index (χ3v) is 7.42. The van der Waals surface area contributed by atoms with Gasteiger partial charge in [0.25, 0.3) is 5.69 Å². The lowest BCUT2D eigenvalue weighted by Crippen LogP contribution is -2.27. The number of aryl methyl sites for hydroxylation is 1. The van der Waals surface area contributed by atoms with E-state index in [4.69, 9.17) is 4.74 Å². The van der Waals surface area contributed by atoms with E-state index in [1.165, 1.54) is 44.7 Å². The van der Waals surface area contributed by atoms with Crippen molar-refractivity contribution < 1.29 is 19.2 Å². The first-order valence-electron chi connectivity index (χ1n) is 13.5. The van der Waals surface area contributed by atoms with Crippen LogP contribution in [0.4, 0.5) is 11.4 Å². The van der Waals surface area contributed by atoms with Gasteiger partial charge in [0.2, 0.25) is 5.91 Å². The molecule has 1 saturated carbocycles. The Hall–Kier alpha value is -2.74. The number of halogens is 1. The summed E-state index contributed by atoms with van der Waals surface area (Å²) in [4.78, 5) is 33.8. The van der Waals surface area contributed by atoms with Crippen LogP contribution in [-0.2, 0) is 11.2 Å². The minimum Gasteiger partial charge on any atom is -0.496 e. The van der Waals surface area contributed by atoms with E-state index in [9.17, 15) is 19.7 Å². The van der Waals surface area contributed by atoms with Crippen LogP contribution in [0.25, 0.3) is 0 Å². The van der Waals surface area contributed by atoms with Gasteiger partial charge in [0.15, 0.2) is 5.78 Å². The fourth-order valence-electron chi connectivity index (χ4n) is 4.66. The topological polar surface area (TPSA) is 98.5 Å². The molecule has 0 aromatic heterocycles. The first kappa shape index (κ1) is 33.3. The van der Waals surface area contributed by atoms with E-state index < -0.39 is 4.92 Å². The molecule has 0 spiro atoms. The molecule has 2 aromatic carbocycles. The zero-order valence-electron chi connectivity index (χ0n) is 23.9. The fourth-order valence-corrected chi connectivity index (χ4v) is 5.39. The summed E-state index contributed by atoms with van der Waals surface area (Å²) in [6, 6.07) is 8.57. The number of nitrogens with zero attached hydrogens (tertiary/aromatic N) is 1. The van der Waals surface area contributed by atoms with Crippen LogP contribution >= 0.6 is 15.9 Å². The van der Waals surface area contributed by atoms with Gasteiger partial charge in [-0.25, -0.2) is 0 Å². The Labute approximate surface area is 236 Å². The summed E-state index contributed by atoms with van der Waals surface area (Å²) in [7, 11) is 1.66. The van der Waals surface area contributed by atoms with Crippen molar-refractivity contribution in [2.75, 3.05) is 12.4 Å². The van der Waals surface area contributed by atoms with Crippen molar-refractivity contribution in [3.63, 3.8) is 0 Å². The van der Waals surface area contributed by atoms with Crippen molar-refractivity contribution in [3.8, 4) is 5.75 Å².